The van der Waals surface area contributed by atoms with Gasteiger partial charge in [-0.3, -0.25) is 13.9 Å². The van der Waals surface area contributed by atoms with Gasteiger partial charge in [0.2, 0.25) is 11.8 Å². The number of hydrogen-bond donors (Lipinski definition) is 1. The predicted molar refractivity (Wildman–Crippen MR) is 186 cm³/mol. The molecule has 13 heteroatoms. The molecule has 0 aromatic heterocycles. The quantitative estimate of drug-likeness (QED) is 0.180. The summed E-state index contributed by atoms with van der Waals surface area (Å²) >= 11 is 3.44. The number of methoxy groups -OCH3 is 4. The van der Waals surface area contributed by atoms with Gasteiger partial charge in [-0.2, -0.15) is 0 Å². The van der Waals surface area contributed by atoms with Crippen molar-refractivity contribution in [1.29, 1.82) is 0 Å². The van der Waals surface area contributed by atoms with Gasteiger partial charge in [0.15, 0.2) is 11.5 Å². The van der Waals surface area contributed by atoms with Crippen molar-refractivity contribution in [1.82, 2.24) is 10.2 Å². The summed E-state index contributed by atoms with van der Waals surface area (Å²) in [6, 6.07) is 24.4. The van der Waals surface area contributed by atoms with Crippen molar-refractivity contribution in [3.63, 3.8) is 0 Å². The fraction of sp³-hybridized carbons (Fsp3) is 0.257. The molecule has 0 heterocycles. The Hall–Kier alpha value is -4.75. The van der Waals surface area contributed by atoms with Gasteiger partial charge in [0, 0.05) is 36.6 Å². The van der Waals surface area contributed by atoms with Gasteiger partial charge in [-0.1, -0.05) is 58.4 Å². The predicted octanol–water partition coefficient (Wildman–Crippen LogP) is 5.06. The first-order chi connectivity index (χ1) is 23.1. The Morgan fingerprint density at radius 3 is 2.02 bits per heavy atom. The van der Waals surface area contributed by atoms with Crippen LogP contribution in [0.4, 0.5) is 5.69 Å². The van der Waals surface area contributed by atoms with Gasteiger partial charge in [-0.25, -0.2) is 8.42 Å². The molecule has 0 aliphatic carbocycles. The molecule has 0 spiro atoms. The summed E-state index contributed by atoms with van der Waals surface area (Å²) in [5, 5.41) is 2.68. The Balaban J connectivity index is 1.88. The van der Waals surface area contributed by atoms with Gasteiger partial charge in [0.25, 0.3) is 10.0 Å². The fourth-order valence-corrected chi connectivity index (χ4v) is 6.81. The lowest BCUT2D eigenvalue weighted by Crippen LogP contribution is -2.53. The van der Waals surface area contributed by atoms with Gasteiger partial charge in [0.1, 0.15) is 24.1 Å². The lowest BCUT2D eigenvalue weighted by molar-refractivity contribution is -0.139. The summed E-state index contributed by atoms with van der Waals surface area (Å²) < 4.78 is 52.6. The zero-order valence-electron chi connectivity index (χ0n) is 27.3. The largest absolute Gasteiger partial charge is 0.497 e. The standard InChI is InChI=1S/C35H38BrN3O8S/c1-37-35(41)30(19-24-9-7-6-8-10-24)38(22-25-11-13-26(36)14-12-25)34(40)23-39(29-20-27(44-2)15-17-31(29)45-3)48(42,43)28-16-18-32(46-4)33(21-28)47-5/h6-18,20-21,30H,19,22-23H2,1-5H3,(H,37,41)/t30-/m0/s1. The topological polar surface area (TPSA) is 124 Å². The molecule has 0 aliphatic rings. The highest BCUT2D eigenvalue weighted by Gasteiger charge is 2.36. The number of benzene rings is 4. The summed E-state index contributed by atoms with van der Waals surface area (Å²) in [5.74, 6) is -0.00658. The number of rotatable bonds is 15. The van der Waals surface area contributed by atoms with Crippen LogP contribution in [0.25, 0.3) is 0 Å². The van der Waals surface area contributed by atoms with Crippen molar-refractivity contribution in [3.8, 4) is 23.0 Å². The third-order valence-corrected chi connectivity index (χ3v) is 9.94. The third kappa shape index (κ3) is 8.39. The first kappa shape index (κ1) is 36.1. The average molecular weight is 741 g/mol. The van der Waals surface area contributed by atoms with Crippen LogP contribution in [0.1, 0.15) is 11.1 Å². The molecule has 11 nitrogen and oxygen atoms in total. The highest BCUT2D eigenvalue weighted by Crippen LogP contribution is 2.38. The van der Waals surface area contributed by atoms with Crippen molar-refractivity contribution in [2.75, 3.05) is 46.3 Å². The Bertz CT molecular complexity index is 1820. The maximum absolute atomic E-state index is 14.6. The summed E-state index contributed by atoms with van der Waals surface area (Å²) in [6.45, 7) is -0.657. The third-order valence-electron chi connectivity index (χ3n) is 7.66. The van der Waals surface area contributed by atoms with E-state index in [1.807, 2.05) is 54.6 Å². The van der Waals surface area contributed by atoms with Crippen molar-refractivity contribution in [2.24, 2.45) is 0 Å². The zero-order valence-corrected chi connectivity index (χ0v) is 29.7. The number of ether oxygens (including phenoxy) is 4. The molecule has 1 atom stereocenters. The average Bonchev–Trinajstić information content (AvgIpc) is 3.12. The normalized spacial score (nSPS) is 11.6. The molecular formula is C35H38BrN3O8S. The molecule has 0 bridgehead atoms. The van der Waals surface area contributed by atoms with E-state index in [0.29, 0.717) is 11.5 Å². The van der Waals surface area contributed by atoms with E-state index in [9.17, 15) is 18.0 Å². The number of amides is 2. The molecule has 4 aromatic rings. The van der Waals surface area contributed by atoms with Crippen LogP contribution in [0.5, 0.6) is 23.0 Å². The van der Waals surface area contributed by atoms with E-state index in [0.717, 1.165) is 19.9 Å². The van der Waals surface area contributed by atoms with Crippen molar-refractivity contribution in [2.45, 2.75) is 23.9 Å². The summed E-state index contributed by atoms with van der Waals surface area (Å²) in [5.41, 5.74) is 1.62. The van der Waals surface area contributed by atoms with Crippen molar-refractivity contribution >= 4 is 43.5 Å². The van der Waals surface area contributed by atoms with Crippen LogP contribution >= 0.6 is 15.9 Å². The smallest absolute Gasteiger partial charge is 0.265 e. The molecule has 4 aromatic carbocycles. The molecule has 4 rings (SSSR count). The number of carbonyl (C=O) groups is 2. The molecular weight excluding hydrogens is 702 g/mol. The molecule has 254 valence electrons. The second-order valence-corrected chi connectivity index (χ2v) is 13.3. The summed E-state index contributed by atoms with van der Waals surface area (Å²) in [4.78, 5) is 29.3. The van der Waals surface area contributed by atoms with E-state index in [2.05, 4.69) is 21.2 Å². The first-order valence-corrected chi connectivity index (χ1v) is 17.1. The van der Waals surface area contributed by atoms with Crippen LogP contribution in [0.15, 0.2) is 100 Å². The number of carbonyl (C=O) groups excluding carboxylic acids is 2. The van der Waals surface area contributed by atoms with Gasteiger partial charge < -0.3 is 29.2 Å². The Labute approximate surface area is 289 Å². The maximum atomic E-state index is 14.6. The molecule has 0 saturated heterocycles. The van der Waals surface area contributed by atoms with E-state index < -0.39 is 34.4 Å². The monoisotopic (exact) mass is 739 g/mol. The SMILES string of the molecule is CNC(=O)[C@H](Cc1ccccc1)N(Cc1ccc(Br)cc1)C(=O)CN(c1cc(OC)ccc1OC)S(=O)(=O)c1ccc(OC)c(OC)c1. The highest BCUT2D eigenvalue weighted by atomic mass is 79.9. The molecule has 48 heavy (non-hydrogen) atoms. The lowest BCUT2D eigenvalue weighted by Gasteiger charge is -2.34. The molecule has 0 aliphatic heterocycles. The van der Waals surface area contributed by atoms with Crippen LogP contribution in [0, 0.1) is 0 Å². The van der Waals surface area contributed by atoms with Gasteiger partial charge in [0.05, 0.1) is 39.0 Å². The number of sulfonamides is 1. The molecule has 0 saturated carbocycles. The number of nitrogens with zero attached hydrogens (tertiary/aromatic N) is 2. The van der Waals surface area contributed by atoms with Gasteiger partial charge >= 0.3 is 0 Å². The minimum Gasteiger partial charge on any atom is -0.497 e. The second kappa shape index (κ2) is 16.4. The minimum absolute atomic E-state index is 0.0243. The van der Waals surface area contributed by atoms with Crippen molar-refractivity contribution < 1.29 is 37.0 Å². The molecule has 2 amide bonds. The minimum atomic E-state index is -4.48. The van der Waals surface area contributed by atoms with Gasteiger partial charge in [-0.05, 0) is 47.5 Å². The lowest BCUT2D eigenvalue weighted by atomic mass is 10.0. The van der Waals surface area contributed by atoms with E-state index in [4.69, 9.17) is 18.9 Å². The van der Waals surface area contributed by atoms with E-state index in [-0.39, 0.29) is 35.0 Å². The molecule has 1 N–H and O–H groups in total. The van der Waals surface area contributed by atoms with Crippen LogP contribution in [0.2, 0.25) is 0 Å². The van der Waals surface area contributed by atoms with E-state index in [1.165, 1.54) is 64.7 Å². The summed E-state index contributed by atoms with van der Waals surface area (Å²) in [6.07, 6.45) is 0.188. The maximum Gasteiger partial charge on any atom is 0.265 e. The number of nitrogens with one attached hydrogen (secondary N) is 1. The second-order valence-electron chi connectivity index (χ2n) is 10.5. The summed E-state index contributed by atoms with van der Waals surface area (Å²) in [7, 11) is 2.70. The Morgan fingerprint density at radius 1 is 0.771 bits per heavy atom. The number of anilines is 1. The first-order valence-electron chi connectivity index (χ1n) is 14.8. The Kier molecular flexibility index (Phi) is 12.3. The Morgan fingerprint density at radius 2 is 1.42 bits per heavy atom. The van der Waals surface area contributed by atoms with Crippen LogP contribution in [-0.2, 0) is 32.6 Å². The molecule has 0 unspecified atom stereocenters. The van der Waals surface area contributed by atoms with Crippen LogP contribution in [0.3, 0.4) is 0 Å². The zero-order chi connectivity index (χ0) is 34.8. The van der Waals surface area contributed by atoms with E-state index >= 15 is 0 Å². The van der Waals surface area contributed by atoms with Crippen LogP contribution < -0.4 is 28.6 Å². The molecule has 0 fully saturated rings. The number of likely N-dealkylation sites (N-methyl/N-ethyl adjacent to an activating group) is 1. The van der Waals surface area contributed by atoms with Crippen molar-refractivity contribution in [3.05, 3.63) is 107 Å². The van der Waals surface area contributed by atoms with Gasteiger partial charge in [-0.15, -0.1) is 0 Å². The highest BCUT2D eigenvalue weighted by molar-refractivity contribution is 9.10. The number of halogens is 1. The number of hydrogen-bond acceptors (Lipinski definition) is 8. The van der Waals surface area contributed by atoms with Crippen LogP contribution in [-0.4, -0.2) is 73.2 Å². The molecule has 0 radical (unpaired) electrons. The fourth-order valence-electron chi connectivity index (χ4n) is 5.12. The van der Waals surface area contributed by atoms with E-state index in [1.54, 1.807) is 12.1 Å².